The summed E-state index contributed by atoms with van der Waals surface area (Å²) in [4.78, 5) is 32.4. The zero-order valence-electron chi connectivity index (χ0n) is 12.3. The van der Waals surface area contributed by atoms with E-state index in [9.17, 15) is 9.59 Å². The number of rotatable bonds is 8. The minimum Gasteiger partial charge on any atom is -0.368 e. The lowest BCUT2D eigenvalue weighted by Gasteiger charge is -2.17. The maximum absolute atomic E-state index is 11.0. The summed E-state index contributed by atoms with van der Waals surface area (Å²) < 4.78 is 3.41. The number of carbonyl (C=O) groups excluding carboxylic acids is 2. The molecule has 0 bridgehead atoms. The molecule has 0 saturated heterocycles. The first-order chi connectivity index (χ1) is 10.5. The summed E-state index contributed by atoms with van der Waals surface area (Å²) in [5, 5.41) is 0. The normalized spacial score (nSPS) is 11.0. The van der Waals surface area contributed by atoms with Crippen molar-refractivity contribution in [2.75, 3.05) is 7.05 Å². The second kappa shape index (κ2) is 6.85. The van der Waals surface area contributed by atoms with Gasteiger partial charge in [0.2, 0.25) is 11.8 Å². The van der Waals surface area contributed by atoms with E-state index in [4.69, 9.17) is 11.5 Å². The third kappa shape index (κ3) is 4.16. The summed E-state index contributed by atoms with van der Waals surface area (Å²) in [7, 11) is 1.90. The minimum absolute atomic E-state index is 0.0967. The highest BCUT2D eigenvalue weighted by Gasteiger charge is 2.12. The molecule has 0 aliphatic carbocycles. The maximum atomic E-state index is 11.0. The summed E-state index contributed by atoms with van der Waals surface area (Å²) in [6, 6.07) is 0. The molecule has 2 amide bonds. The van der Waals surface area contributed by atoms with Gasteiger partial charge in [-0.3, -0.25) is 14.5 Å². The first-order valence-electron chi connectivity index (χ1n) is 6.71. The van der Waals surface area contributed by atoms with Crippen molar-refractivity contribution < 1.29 is 9.59 Å². The molecule has 0 aliphatic heterocycles. The Morgan fingerprint density at radius 1 is 1.00 bits per heavy atom. The largest absolute Gasteiger partial charge is 0.368 e. The van der Waals surface area contributed by atoms with Crippen molar-refractivity contribution in [3.8, 4) is 0 Å². The average Bonchev–Trinajstić information content (AvgIpc) is 2.99. The van der Waals surface area contributed by atoms with E-state index in [1.807, 2.05) is 11.9 Å². The number of hydrogen-bond donors (Lipinski definition) is 2. The van der Waals surface area contributed by atoms with Crippen LogP contribution in [-0.2, 0) is 35.8 Å². The second-order valence-corrected chi connectivity index (χ2v) is 5.05. The molecule has 2 aromatic rings. The summed E-state index contributed by atoms with van der Waals surface area (Å²) in [6.07, 6.45) is 6.67. The van der Waals surface area contributed by atoms with E-state index in [2.05, 4.69) is 9.97 Å². The van der Waals surface area contributed by atoms with Gasteiger partial charge >= 0.3 is 0 Å². The van der Waals surface area contributed by atoms with Gasteiger partial charge in [-0.1, -0.05) is 0 Å². The molecular formula is C13H19N7O2. The van der Waals surface area contributed by atoms with E-state index in [0.29, 0.717) is 13.1 Å². The molecule has 118 valence electrons. The number of amides is 2. The molecule has 0 spiro atoms. The summed E-state index contributed by atoms with van der Waals surface area (Å²) in [5.41, 5.74) is 10.4. The van der Waals surface area contributed by atoms with Crippen LogP contribution in [0.1, 0.15) is 11.6 Å². The quantitative estimate of drug-likeness (QED) is 0.626. The lowest BCUT2D eigenvalue weighted by Crippen LogP contribution is -2.26. The molecule has 22 heavy (non-hydrogen) atoms. The van der Waals surface area contributed by atoms with Crippen molar-refractivity contribution in [1.82, 2.24) is 24.0 Å². The molecule has 9 nitrogen and oxygen atoms in total. The average molecular weight is 305 g/mol. The summed E-state index contributed by atoms with van der Waals surface area (Å²) in [6.45, 7) is 1.23. The van der Waals surface area contributed by atoms with E-state index in [0.717, 1.165) is 11.6 Å². The van der Waals surface area contributed by atoms with Crippen molar-refractivity contribution in [2.24, 2.45) is 11.5 Å². The lowest BCUT2D eigenvalue weighted by molar-refractivity contribution is -0.119. The van der Waals surface area contributed by atoms with Gasteiger partial charge in [-0.2, -0.15) is 0 Å². The minimum atomic E-state index is -0.418. The van der Waals surface area contributed by atoms with Crippen LogP contribution < -0.4 is 11.5 Å². The SMILES string of the molecule is CN(Cc1nccn1CC(N)=O)Cc1nccn1CC(N)=O. The van der Waals surface area contributed by atoms with Gasteiger partial charge in [0, 0.05) is 24.8 Å². The van der Waals surface area contributed by atoms with E-state index >= 15 is 0 Å². The fourth-order valence-corrected chi connectivity index (χ4v) is 2.15. The van der Waals surface area contributed by atoms with Gasteiger partial charge in [-0.05, 0) is 7.05 Å². The van der Waals surface area contributed by atoms with Crippen molar-refractivity contribution in [1.29, 1.82) is 0 Å². The maximum Gasteiger partial charge on any atom is 0.237 e. The zero-order valence-corrected chi connectivity index (χ0v) is 12.3. The lowest BCUT2D eigenvalue weighted by atomic mass is 10.4. The first kappa shape index (κ1) is 15.7. The molecule has 2 heterocycles. The van der Waals surface area contributed by atoms with E-state index < -0.39 is 11.8 Å². The van der Waals surface area contributed by atoms with E-state index in [1.54, 1.807) is 33.9 Å². The molecule has 0 aromatic carbocycles. The summed E-state index contributed by atoms with van der Waals surface area (Å²) >= 11 is 0. The number of nitrogens with zero attached hydrogens (tertiary/aromatic N) is 5. The Morgan fingerprint density at radius 3 is 1.77 bits per heavy atom. The Kier molecular flexibility index (Phi) is 4.89. The summed E-state index contributed by atoms with van der Waals surface area (Å²) in [5.74, 6) is 0.626. The van der Waals surface area contributed by atoms with Crippen molar-refractivity contribution in [3.05, 3.63) is 36.4 Å². The van der Waals surface area contributed by atoms with Crippen LogP contribution in [0.15, 0.2) is 24.8 Å². The van der Waals surface area contributed by atoms with Crippen LogP contribution in [0.5, 0.6) is 0 Å². The molecule has 2 rings (SSSR count). The molecule has 0 radical (unpaired) electrons. The smallest absolute Gasteiger partial charge is 0.237 e. The van der Waals surface area contributed by atoms with Gasteiger partial charge < -0.3 is 20.6 Å². The van der Waals surface area contributed by atoms with E-state index in [1.165, 1.54) is 0 Å². The third-order valence-electron chi connectivity index (χ3n) is 3.08. The van der Waals surface area contributed by atoms with Crippen molar-refractivity contribution in [3.63, 3.8) is 0 Å². The van der Waals surface area contributed by atoms with Gasteiger partial charge in [0.25, 0.3) is 0 Å². The molecular weight excluding hydrogens is 286 g/mol. The number of carbonyl (C=O) groups is 2. The predicted octanol–water partition coefficient (Wildman–Crippen LogP) is -1.32. The van der Waals surface area contributed by atoms with Gasteiger partial charge in [0.15, 0.2) is 0 Å². The Balaban J connectivity index is 2.00. The zero-order chi connectivity index (χ0) is 16.1. The molecule has 4 N–H and O–H groups in total. The van der Waals surface area contributed by atoms with Gasteiger partial charge in [0.05, 0.1) is 13.1 Å². The van der Waals surface area contributed by atoms with Gasteiger partial charge in [-0.25, -0.2) is 9.97 Å². The molecule has 0 unspecified atom stereocenters. The number of nitrogens with two attached hydrogens (primary N) is 2. The van der Waals surface area contributed by atoms with Gasteiger partial charge in [-0.15, -0.1) is 0 Å². The Hall–Kier alpha value is -2.68. The number of imidazole rings is 2. The van der Waals surface area contributed by atoms with Crippen molar-refractivity contribution in [2.45, 2.75) is 26.2 Å². The standard InChI is InChI=1S/C13H19N7O2/c1-18(8-12-16-2-4-19(12)6-10(14)21)9-13-17-3-5-20(13)7-11(15)22/h2-5H,6-9H2,1H3,(H2,14,21)(H2,15,22). The Morgan fingerprint density at radius 2 is 1.41 bits per heavy atom. The van der Waals surface area contributed by atoms with Crippen LogP contribution >= 0.6 is 0 Å². The van der Waals surface area contributed by atoms with Crippen LogP contribution in [0.4, 0.5) is 0 Å². The molecule has 9 heteroatoms. The van der Waals surface area contributed by atoms with Crippen LogP contribution in [0.25, 0.3) is 0 Å². The topological polar surface area (TPSA) is 125 Å². The number of primary amides is 2. The fraction of sp³-hybridized carbons (Fsp3) is 0.385. The number of aromatic nitrogens is 4. The monoisotopic (exact) mass is 305 g/mol. The number of hydrogen-bond acceptors (Lipinski definition) is 5. The highest BCUT2D eigenvalue weighted by molar-refractivity contribution is 5.73. The second-order valence-electron chi connectivity index (χ2n) is 5.05. The Labute approximate surface area is 127 Å². The Bertz CT molecular complexity index is 605. The van der Waals surface area contributed by atoms with E-state index in [-0.39, 0.29) is 13.1 Å². The van der Waals surface area contributed by atoms with Crippen LogP contribution in [0.3, 0.4) is 0 Å². The molecule has 0 saturated carbocycles. The molecule has 2 aromatic heterocycles. The first-order valence-corrected chi connectivity index (χ1v) is 6.71. The highest BCUT2D eigenvalue weighted by Crippen LogP contribution is 2.06. The molecule has 0 atom stereocenters. The van der Waals surface area contributed by atoms with Crippen LogP contribution in [-0.4, -0.2) is 42.9 Å². The van der Waals surface area contributed by atoms with Crippen molar-refractivity contribution >= 4 is 11.8 Å². The highest BCUT2D eigenvalue weighted by atomic mass is 16.1. The molecule has 0 fully saturated rings. The fourth-order valence-electron chi connectivity index (χ4n) is 2.15. The van der Waals surface area contributed by atoms with Crippen LogP contribution in [0, 0.1) is 0 Å². The van der Waals surface area contributed by atoms with Gasteiger partial charge in [0.1, 0.15) is 24.7 Å². The third-order valence-corrected chi connectivity index (χ3v) is 3.08. The van der Waals surface area contributed by atoms with Crippen LogP contribution in [0.2, 0.25) is 0 Å². The molecule has 0 aliphatic rings. The predicted molar refractivity (Wildman–Crippen MR) is 78.0 cm³/mol.